The van der Waals surface area contributed by atoms with Gasteiger partial charge in [-0.05, 0) is 52.6 Å². The molecular weight excluding hydrogens is 379 g/mol. The second-order valence-corrected chi connectivity index (χ2v) is 6.47. The Morgan fingerprint density at radius 2 is 1.95 bits per heavy atom. The van der Waals surface area contributed by atoms with Crippen LogP contribution in [0.15, 0.2) is 29.1 Å². The average Bonchev–Trinajstić information content (AvgIpc) is 2.44. The Morgan fingerprint density at radius 3 is 2.52 bits per heavy atom. The number of H-pyrrole nitrogens is 1. The third-order valence-electron chi connectivity index (χ3n) is 3.11. The Bertz CT molecular complexity index is 663. The zero-order valence-electron chi connectivity index (χ0n) is 12.4. The first-order valence-corrected chi connectivity index (χ1v) is 7.98. The molecule has 0 aliphatic heterocycles. The first-order chi connectivity index (χ1) is 9.99. The zero-order chi connectivity index (χ0) is 15.4. The smallest absolute Gasteiger partial charge is 0.264 e. The summed E-state index contributed by atoms with van der Waals surface area (Å²) >= 11 is 2.07. The molecule has 0 radical (unpaired) electrons. The number of rotatable bonds is 5. The van der Waals surface area contributed by atoms with Gasteiger partial charge in [0.25, 0.3) is 5.56 Å². The number of hydrogen-bond donors (Lipinski definition) is 1. The van der Waals surface area contributed by atoms with Crippen molar-refractivity contribution in [2.24, 2.45) is 5.92 Å². The highest BCUT2D eigenvalue weighted by molar-refractivity contribution is 14.1. The van der Waals surface area contributed by atoms with Gasteiger partial charge < -0.3 is 9.72 Å². The fraction of sp³-hybridized carbons (Fsp3) is 0.375. The zero-order valence-corrected chi connectivity index (χ0v) is 14.6. The van der Waals surface area contributed by atoms with Crippen LogP contribution in [0.1, 0.15) is 30.9 Å². The minimum Gasteiger partial charge on any atom is -0.497 e. The van der Waals surface area contributed by atoms with Crippen molar-refractivity contribution in [1.29, 1.82) is 0 Å². The molecule has 1 aromatic carbocycles. The molecule has 0 aliphatic rings. The largest absolute Gasteiger partial charge is 0.497 e. The van der Waals surface area contributed by atoms with Gasteiger partial charge in [0.15, 0.2) is 0 Å². The highest BCUT2D eigenvalue weighted by atomic mass is 127. The molecule has 21 heavy (non-hydrogen) atoms. The molecule has 0 bridgehead atoms. The molecule has 0 saturated carbocycles. The third-order valence-corrected chi connectivity index (χ3v) is 4.23. The second-order valence-electron chi connectivity index (χ2n) is 5.40. The number of nitrogens with one attached hydrogen (secondary N) is 1. The fourth-order valence-electron chi connectivity index (χ4n) is 2.10. The van der Waals surface area contributed by atoms with Crippen molar-refractivity contribution < 1.29 is 4.74 Å². The molecule has 5 heteroatoms. The Labute approximate surface area is 138 Å². The highest BCUT2D eigenvalue weighted by Crippen LogP contribution is 2.15. The number of halogens is 1. The van der Waals surface area contributed by atoms with E-state index in [1.165, 1.54) is 0 Å². The van der Waals surface area contributed by atoms with Crippen LogP contribution in [0.3, 0.4) is 0 Å². The Balaban J connectivity index is 2.26. The molecule has 1 N–H and O–H groups in total. The number of methoxy groups -OCH3 is 1. The molecule has 0 aliphatic carbocycles. The van der Waals surface area contributed by atoms with Crippen LogP contribution in [-0.2, 0) is 12.8 Å². The lowest BCUT2D eigenvalue weighted by atomic mass is 10.1. The van der Waals surface area contributed by atoms with E-state index in [0.29, 0.717) is 21.7 Å². The van der Waals surface area contributed by atoms with Crippen LogP contribution in [-0.4, -0.2) is 17.1 Å². The minimum absolute atomic E-state index is 0.0511. The number of aromatic nitrogens is 2. The van der Waals surface area contributed by atoms with E-state index in [0.717, 1.165) is 23.4 Å². The Kier molecular flexibility index (Phi) is 5.39. The van der Waals surface area contributed by atoms with E-state index in [-0.39, 0.29) is 5.56 Å². The van der Waals surface area contributed by atoms with Crippen LogP contribution < -0.4 is 10.3 Å². The number of nitrogens with zero attached hydrogens (tertiary/aromatic N) is 1. The topological polar surface area (TPSA) is 55.0 Å². The summed E-state index contributed by atoms with van der Waals surface area (Å²) in [5.41, 5.74) is 1.93. The normalized spacial score (nSPS) is 10.9. The van der Waals surface area contributed by atoms with Crippen LogP contribution in [0.5, 0.6) is 5.75 Å². The number of benzene rings is 1. The maximum atomic E-state index is 12.0. The summed E-state index contributed by atoms with van der Waals surface area (Å²) in [4.78, 5) is 19.5. The van der Waals surface area contributed by atoms with Gasteiger partial charge >= 0.3 is 0 Å². The first-order valence-electron chi connectivity index (χ1n) is 6.90. The SMILES string of the molecule is COc1ccc(Cc2nc(CC(C)C)c(I)c(=O)[nH]2)cc1. The number of hydrogen-bond acceptors (Lipinski definition) is 3. The number of ether oxygens (including phenoxy) is 1. The average molecular weight is 398 g/mol. The van der Waals surface area contributed by atoms with Gasteiger partial charge in [0.1, 0.15) is 11.6 Å². The van der Waals surface area contributed by atoms with Crippen LogP contribution in [0.2, 0.25) is 0 Å². The maximum Gasteiger partial charge on any atom is 0.264 e. The molecular formula is C16H19IN2O2. The van der Waals surface area contributed by atoms with Crippen molar-refractivity contribution in [3.63, 3.8) is 0 Å². The number of aromatic amines is 1. The third kappa shape index (κ3) is 4.30. The molecule has 4 nitrogen and oxygen atoms in total. The summed E-state index contributed by atoms with van der Waals surface area (Å²) in [5, 5.41) is 0. The monoisotopic (exact) mass is 398 g/mol. The van der Waals surface area contributed by atoms with Gasteiger partial charge in [0.05, 0.1) is 16.4 Å². The summed E-state index contributed by atoms with van der Waals surface area (Å²) in [5.74, 6) is 2.01. The molecule has 2 aromatic rings. The quantitative estimate of drug-likeness (QED) is 0.788. The van der Waals surface area contributed by atoms with Crippen LogP contribution in [0.4, 0.5) is 0 Å². The molecule has 0 atom stereocenters. The van der Waals surface area contributed by atoms with Gasteiger partial charge in [-0.2, -0.15) is 0 Å². The molecule has 2 rings (SSSR count). The molecule has 0 amide bonds. The molecule has 0 fully saturated rings. The van der Waals surface area contributed by atoms with Gasteiger partial charge in [0.2, 0.25) is 0 Å². The van der Waals surface area contributed by atoms with Crippen molar-refractivity contribution >= 4 is 22.6 Å². The highest BCUT2D eigenvalue weighted by Gasteiger charge is 2.11. The lowest BCUT2D eigenvalue weighted by Gasteiger charge is -2.09. The van der Waals surface area contributed by atoms with E-state index in [2.05, 4.69) is 46.4 Å². The van der Waals surface area contributed by atoms with E-state index in [4.69, 9.17) is 4.74 Å². The lowest BCUT2D eigenvalue weighted by Crippen LogP contribution is -2.19. The predicted octanol–water partition coefficient (Wildman–Crippen LogP) is 3.17. The van der Waals surface area contributed by atoms with Crippen LogP contribution in [0.25, 0.3) is 0 Å². The van der Waals surface area contributed by atoms with Crippen molar-refractivity contribution in [1.82, 2.24) is 9.97 Å². The van der Waals surface area contributed by atoms with Gasteiger partial charge in [0, 0.05) is 6.42 Å². The van der Waals surface area contributed by atoms with Crippen LogP contribution >= 0.6 is 22.6 Å². The minimum atomic E-state index is -0.0511. The summed E-state index contributed by atoms with van der Waals surface area (Å²) < 4.78 is 5.84. The molecule has 0 unspecified atom stereocenters. The molecule has 112 valence electrons. The maximum absolute atomic E-state index is 12.0. The van der Waals surface area contributed by atoms with Gasteiger partial charge in [-0.25, -0.2) is 4.98 Å². The second kappa shape index (κ2) is 7.06. The van der Waals surface area contributed by atoms with E-state index < -0.39 is 0 Å². The van der Waals surface area contributed by atoms with Crippen molar-refractivity contribution in [3.8, 4) is 5.75 Å². The summed E-state index contributed by atoms with van der Waals surface area (Å²) in [6.07, 6.45) is 1.43. The Morgan fingerprint density at radius 1 is 1.29 bits per heavy atom. The Hall–Kier alpha value is -1.37. The van der Waals surface area contributed by atoms with Crippen molar-refractivity contribution in [3.05, 3.63) is 55.3 Å². The van der Waals surface area contributed by atoms with Gasteiger partial charge in [-0.3, -0.25) is 4.79 Å². The summed E-state index contributed by atoms with van der Waals surface area (Å²) in [7, 11) is 1.64. The van der Waals surface area contributed by atoms with E-state index in [1.807, 2.05) is 24.3 Å². The van der Waals surface area contributed by atoms with E-state index in [9.17, 15) is 4.79 Å². The lowest BCUT2D eigenvalue weighted by molar-refractivity contribution is 0.414. The van der Waals surface area contributed by atoms with Gasteiger partial charge in [-0.1, -0.05) is 26.0 Å². The molecule has 0 spiro atoms. The van der Waals surface area contributed by atoms with E-state index in [1.54, 1.807) is 7.11 Å². The van der Waals surface area contributed by atoms with E-state index >= 15 is 0 Å². The van der Waals surface area contributed by atoms with Crippen molar-refractivity contribution in [2.75, 3.05) is 7.11 Å². The van der Waals surface area contributed by atoms with Gasteiger partial charge in [-0.15, -0.1) is 0 Å². The molecule has 1 heterocycles. The predicted molar refractivity (Wildman–Crippen MR) is 91.9 cm³/mol. The fourth-order valence-corrected chi connectivity index (χ4v) is 2.57. The summed E-state index contributed by atoms with van der Waals surface area (Å²) in [6, 6.07) is 7.79. The first kappa shape index (κ1) is 16.0. The molecule has 0 saturated heterocycles. The molecule has 1 aromatic heterocycles. The van der Waals surface area contributed by atoms with Crippen LogP contribution in [0, 0.1) is 9.49 Å². The van der Waals surface area contributed by atoms with Crippen molar-refractivity contribution in [2.45, 2.75) is 26.7 Å². The summed E-state index contributed by atoms with van der Waals surface area (Å²) in [6.45, 7) is 4.25. The standard InChI is InChI=1S/C16H19IN2O2/c1-10(2)8-13-15(17)16(20)19-14(18-13)9-11-4-6-12(21-3)7-5-11/h4-7,10H,8-9H2,1-3H3,(H,18,19,20).